The predicted molar refractivity (Wildman–Crippen MR) is 115 cm³/mol. The van der Waals surface area contributed by atoms with Crippen LogP contribution >= 0.6 is 0 Å². The van der Waals surface area contributed by atoms with E-state index in [1.165, 1.54) is 17.3 Å². The number of nitrogens with zero attached hydrogens (tertiary/aromatic N) is 3. The van der Waals surface area contributed by atoms with Gasteiger partial charge in [-0.3, -0.25) is 0 Å². The van der Waals surface area contributed by atoms with E-state index in [9.17, 15) is 16.8 Å². The van der Waals surface area contributed by atoms with E-state index >= 15 is 0 Å². The molecule has 30 heavy (non-hydrogen) atoms. The van der Waals surface area contributed by atoms with Gasteiger partial charge in [-0.25, -0.2) is 8.42 Å². The molecule has 2 heterocycles. The van der Waals surface area contributed by atoms with Gasteiger partial charge in [-0.1, -0.05) is 37.3 Å². The number of aryl methyl sites for hydroxylation is 1. The molecule has 0 aliphatic carbocycles. The summed E-state index contributed by atoms with van der Waals surface area (Å²) < 4.78 is 55.5. The molecule has 1 saturated heterocycles. The Morgan fingerprint density at radius 3 is 2.37 bits per heavy atom. The van der Waals surface area contributed by atoms with Crippen molar-refractivity contribution < 1.29 is 16.8 Å². The van der Waals surface area contributed by atoms with Crippen molar-refractivity contribution >= 4 is 30.8 Å². The van der Waals surface area contributed by atoms with Crippen molar-refractivity contribution in [1.29, 1.82) is 0 Å². The SMILES string of the molecule is Cc1nn(S(=O)(=O)c2ccc3ccccc3c2)c(C)c1S(=O)(=O)N1CCCC(C)C1. The summed E-state index contributed by atoms with van der Waals surface area (Å²) in [7, 11) is -7.87. The van der Waals surface area contributed by atoms with Crippen LogP contribution in [0.2, 0.25) is 0 Å². The molecule has 9 heteroatoms. The smallest absolute Gasteiger partial charge is 0.207 e. The van der Waals surface area contributed by atoms with Crippen LogP contribution in [0.4, 0.5) is 0 Å². The van der Waals surface area contributed by atoms with Crippen molar-refractivity contribution in [2.24, 2.45) is 5.92 Å². The van der Waals surface area contributed by atoms with Crippen LogP contribution < -0.4 is 0 Å². The zero-order valence-electron chi connectivity index (χ0n) is 17.2. The van der Waals surface area contributed by atoms with Crippen LogP contribution in [-0.4, -0.2) is 43.4 Å². The van der Waals surface area contributed by atoms with Gasteiger partial charge in [-0.2, -0.15) is 21.9 Å². The van der Waals surface area contributed by atoms with Crippen LogP contribution in [0.3, 0.4) is 0 Å². The van der Waals surface area contributed by atoms with Crippen LogP contribution in [-0.2, 0) is 20.0 Å². The highest BCUT2D eigenvalue weighted by Crippen LogP contribution is 2.30. The monoisotopic (exact) mass is 447 g/mol. The number of hydrogen-bond acceptors (Lipinski definition) is 5. The molecule has 1 aliphatic heterocycles. The van der Waals surface area contributed by atoms with Crippen molar-refractivity contribution in [3.05, 3.63) is 53.9 Å². The van der Waals surface area contributed by atoms with Gasteiger partial charge in [0.25, 0.3) is 10.0 Å². The van der Waals surface area contributed by atoms with Crippen LogP contribution in [0.25, 0.3) is 10.8 Å². The van der Waals surface area contributed by atoms with Gasteiger partial charge in [0.15, 0.2) is 0 Å². The first-order chi connectivity index (χ1) is 14.1. The van der Waals surface area contributed by atoms with Gasteiger partial charge in [0.2, 0.25) is 10.0 Å². The number of rotatable bonds is 4. The maximum atomic E-state index is 13.3. The van der Waals surface area contributed by atoms with E-state index in [0.717, 1.165) is 27.7 Å². The zero-order valence-corrected chi connectivity index (χ0v) is 18.9. The first kappa shape index (κ1) is 21.0. The lowest BCUT2D eigenvalue weighted by Gasteiger charge is -2.30. The lowest BCUT2D eigenvalue weighted by molar-refractivity contribution is 0.281. The zero-order chi connectivity index (χ0) is 21.7. The van der Waals surface area contributed by atoms with E-state index in [1.54, 1.807) is 19.1 Å². The Balaban J connectivity index is 1.80. The van der Waals surface area contributed by atoms with Crippen LogP contribution in [0, 0.1) is 19.8 Å². The maximum absolute atomic E-state index is 13.3. The summed E-state index contributed by atoms with van der Waals surface area (Å²) in [6.45, 7) is 5.94. The minimum Gasteiger partial charge on any atom is -0.207 e. The quantitative estimate of drug-likeness (QED) is 0.612. The summed E-state index contributed by atoms with van der Waals surface area (Å²) >= 11 is 0. The summed E-state index contributed by atoms with van der Waals surface area (Å²) in [4.78, 5) is 0.0586. The average Bonchev–Trinajstić information content (AvgIpc) is 3.03. The van der Waals surface area contributed by atoms with Gasteiger partial charge in [-0.15, -0.1) is 0 Å². The van der Waals surface area contributed by atoms with E-state index in [4.69, 9.17) is 0 Å². The van der Waals surface area contributed by atoms with Gasteiger partial charge in [0.1, 0.15) is 4.90 Å². The van der Waals surface area contributed by atoms with E-state index in [-0.39, 0.29) is 27.1 Å². The molecule has 0 spiro atoms. The molecule has 0 bridgehead atoms. The van der Waals surface area contributed by atoms with E-state index in [0.29, 0.717) is 13.1 Å². The number of benzene rings is 2. The van der Waals surface area contributed by atoms with Gasteiger partial charge >= 0.3 is 0 Å². The standard InChI is InChI=1S/C21H25N3O4S2/c1-15-7-6-12-23(14-15)30(27,28)21-16(2)22-24(17(21)3)29(25,26)20-11-10-18-8-4-5-9-19(18)13-20/h4-5,8-11,13,15H,6-7,12,14H2,1-3H3. The molecule has 1 unspecified atom stereocenters. The van der Waals surface area contributed by atoms with Crippen LogP contribution in [0.15, 0.2) is 52.3 Å². The second kappa shape index (κ2) is 7.47. The fourth-order valence-electron chi connectivity index (χ4n) is 4.13. The maximum Gasteiger partial charge on any atom is 0.283 e. The Labute approximate surface area is 177 Å². The number of piperidine rings is 1. The Morgan fingerprint density at radius 2 is 1.67 bits per heavy atom. The van der Waals surface area contributed by atoms with Gasteiger partial charge < -0.3 is 0 Å². The second-order valence-electron chi connectivity index (χ2n) is 7.97. The fourth-order valence-corrected chi connectivity index (χ4v) is 7.54. The largest absolute Gasteiger partial charge is 0.283 e. The second-order valence-corrected chi connectivity index (χ2v) is 11.6. The summed E-state index contributed by atoms with van der Waals surface area (Å²) in [6, 6.07) is 12.3. The van der Waals surface area contributed by atoms with Crippen LogP contribution in [0.5, 0.6) is 0 Å². The van der Waals surface area contributed by atoms with Crippen LogP contribution in [0.1, 0.15) is 31.2 Å². The van der Waals surface area contributed by atoms with E-state index in [1.807, 2.05) is 31.2 Å². The van der Waals surface area contributed by atoms with Gasteiger partial charge in [-0.05, 0) is 55.5 Å². The first-order valence-electron chi connectivity index (χ1n) is 9.93. The molecule has 1 aliphatic rings. The molecule has 160 valence electrons. The molecule has 1 fully saturated rings. The first-order valence-corrected chi connectivity index (χ1v) is 12.8. The Kier molecular flexibility index (Phi) is 5.24. The molecule has 1 aromatic heterocycles. The summed E-state index contributed by atoms with van der Waals surface area (Å²) in [5.41, 5.74) is 0.300. The number of aromatic nitrogens is 2. The molecular formula is C21H25N3O4S2. The number of hydrogen-bond donors (Lipinski definition) is 0. The minimum atomic E-state index is -4.04. The van der Waals surface area contributed by atoms with Crippen molar-refractivity contribution in [2.45, 2.75) is 43.4 Å². The van der Waals surface area contributed by atoms with E-state index in [2.05, 4.69) is 5.10 Å². The van der Waals surface area contributed by atoms with Crippen molar-refractivity contribution in [1.82, 2.24) is 13.5 Å². The highest BCUT2D eigenvalue weighted by molar-refractivity contribution is 7.90. The number of sulfonamides is 1. The Morgan fingerprint density at radius 1 is 0.967 bits per heavy atom. The lowest BCUT2D eigenvalue weighted by atomic mass is 10.0. The summed E-state index contributed by atoms with van der Waals surface area (Å²) in [6.07, 6.45) is 1.78. The highest BCUT2D eigenvalue weighted by atomic mass is 32.2. The predicted octanol–water partition coefficient (Wildman–Crippen LogP) is 3.31. The molecule has 3 aromatic rings. The third-order valence-corrected chi connectivity index (χ3v) is 9.43. The Hall–Kier alpha value is -2.23. The summed E-state index contributed by atoms with van der Waals surface area (Å²) in [5, 5.41) is 5.85. The molecule has 0 saturated carbocycles. The lowest BCUT2D eigenvalue weighted by Crippen LogP contribution is -2.39. The molecule has 0 N–H and O–H groups in total. The Bertz CT molecular complexity index is 1330. The molecule has 7 nitrogen and oxygen atoms in total. The summed E-state index contributed by atoms with van der Waals surface area (Å²) in [5.74, 6) is 0.269. The number of fused-ring (bicyclic) bond motifs is 1. The van der Waals surface area contributed by atoms with E-state index < -0.39 is 20.0 Å². The fraction of sp³-hybridized carbons (Fsp3) is 0.381. The van der Waals surface area contributed by atoms with Crippen molar-refractivity contribution in [3.63, 3.8) is 0 Å². The average molecular weight is 448 g/mol. The topological polar surface area (TPSA) is 89.3 Å². The highest BCUT2D eigenvalue weighted by Gasteiger charge is 2.35. The molecule has 0 radical (unpaired) electrons. The third kappa shape index (κ3) is 3.44. The minimum absolute atomic E-state index is 0.0130. The molecule has 0 amide bonds. The third-order valence-electron chi connectivity index (χ3n) is 5.65. The molecule has 2 aromatic carbocycles. The molecule has 1 atom stereocenters. The molecule has 4 rings (SSSR count). The van der Waals surface area contributed by atoms with Gasteiger partial charge in [0, 0.05) is 13.1 Å². The van der Waals surface area contributed by atoms with Gasteiger partial charge in [0.05, 0.1) is 16.3 Å². The normalized spacial score (nSPS) is 18.7. The van der Waals surface area contributed by atoms with Crippen molar-refractivity contribution in [3.8, 4) is 0 Å². The van der Waals surface area contributed by atoms with Crippen molar-refractivity contribution in [2.75, 3.05) is 13.1 Å². The molecular weight excluding hydrogens is 422 g/mol.